The first-order valence-corrected chi connectivity index (χ1v) is 10.6. The molecule has 176 valence electrons. The Morgan fingerprint density at radius 1 is 1.18 bits per heavy atom. The van der Waals surface area contributed by atoms with Crippen LogP contribution in [0, 0.1) is 0 Å². The summed E-state index contributed by atoms with van der Waals surface area (Å²) in [5.74, 6) is 2.07. The molecule has 0 saturated carbocycles. The summed E-state index contributed by atoms with van der Waals surface area (Å²) in [7, 11) is 4.66. The molecule has 9 nitrogen and oxygen atoms in total. The van der Waals surface area contributed by atoms with Crippen LogP contribution in [-0.2, 0) is 16.0 Å². The second-order valence-electron chi connectivity index (χ2n) is 8.14. The van der Waals surface area contributed by atoms with Gasteiger partial charge in [-0.05, 0) is 49.4 Å². The van der Waals surface area contributed by atoms with E-state index in [1.165, 1.54) is 14.2 Å². The number of imidazole rings is 1. The fourth-order valence-electron chi connectivity index (χ4n) is 4.43. The molecule has 0 amide bonds. The predicted molar refractivity (Wildman–Crippen MR) is 124 cm³/mol. The highest BCUT2D eigenvalue weighted by Gasteiger charge is 2.54. The van der Waals surface area contributed by atoms with Crippen LogP contribution in [0.5, 0.6) is 11.5 Å². The van der Waals surface area contributed by atoms with Crippen molar-refractivity contribution in [1.29, 1.82) is 0 Å². The van der Waals surface area contributed by atoms with Crippen molar-refractivity contribution in [2.75, 3.05) is 32.0 Å². The summed E-state index contributed by atoms with van der Waals surface area (Å²) in [6.45, 7) is 2.18. The van der Waals surface area contributed by atoms with E-state index in [-0.39, 0.29) is 0 Å². The maximum atomic E-state index is 11.8. The van der Waals surface area contributed by atoms with Gasteiger partial charge in [0.2, 0.25) is 0 Å². The number of nitrogens with two attached hydrogens (primary N) is 1. The number of benzene rings is 2. The average Bonchev–Trinajstić information content (AvgIpc) is 3.33. The maximum Gasteiger partial charge on any atom is 0.199 e. The number of rotatable bonds is 8. The molecule has 2 aromatic carbocycles. The van der Waals surface area contributed by atoms with Crippen molar-refractivity contribution in [3.8, 4) is 11.5 Å². The summed E-state index contributed by atoms with van der Waals surface area (Å²) in [6, 6.07) is 12.5. The van der Waals surface area contributed by atoms with E-state index in [1.54, 1.807) is 32.5 Å². The van der Waals surface area contributed by atoms with Crippen LogP contribution in [0.4, 0.5) is 11.4 Å². The van der Waals surface area contributed by atoms with Crippen LogP contribution in [-0.4, -0.2) is 54.4 Å². The van der Waals surface area contributed by atoms with Gasteiger partial charge in [0.1, 0.15) is 23.4 Å². The molecule has 3 aromatic rings. The minimum atomic E-state index is -1.20. The molecule has 0 radical (unpaired) electrons. The summed E-state index contributed by atoms with van der Waals surface area (Å²) in [5.41, 5.74) is 7.13. The first-order valence-electron chi connectivity index (χ1n) is 10.6. The van der Waals surface area contributed by atoms with Gasteiger partial charge in [-0.15, -0.1) is 0 Å². The van der Waals surface area contributed by atoms with Crippen molar-refractivity contribution in [3.63, 3.8) is 0 Å². The topological polar surface area (TPSA) is 115 Å². The van der Waals surface area contributed by atoms with Crippen molar-refractivity contribution in [2.24, 2.45) is 0 Å². The molecule has 0 aliphatic carbocycles. The van der Waals surface area contributed by atoms with Crippen LogP contribution in [0.2, 0.25) is 0 Å². The number of ether oxygens (including phenoxy) is 4. The summed E-state index contributed by atoms with van der Waals surface area (Å²) in [4.78, 5) is 9.61. The van der Waals surface area contributed by atoms with Crippen LogP contribution < -0.4 is 20.1 Å². The van der Waals surface area contributed by atoms with Crippen molar-refractivity contribution in [2.45, 2.75) is 37.5 Å². The number of nitrogens with one attached hydrogen (secondary N) is 1. The van der Waals surface area contributed by atoms with Crippen molar-refractivity contribution in [1.82, 2.24) is 9.97 Å². The van der Waals surface area contributed by atoms with Gasteiger partial charge in [0.15, 0.2) is 11.9 Å². The quantitative estimate of drug-likeness (QED) is 0.352. The zero-order valence-corrected chi connectivity index (χ0v) is 19.2. The molecule has 3 atom stereocenters. The molecule has 4 rings (SSSR count). The van der Waals surface area contributed by atoms with Crippen molar-refractivity contribution >= 4 is 11.4 Å². The molecule has 2 heterocycles. The standard InChI is InChI=1S/C24H30N4O5/c1-24(23(31-3)32-4)22(29)21(18-13-15(25)5-10-19(18)33-24)28(14-20-26-11-12-27-20)16-6-8-17(30-2)9-7-16/h5-13,21-23,29H,14,25H2,1-4H3,(H,26,27)/t21-,22+,24-/m0/s1. The molecular formula is C24H30N4O5. The molecule has 9 heteroatoms. The van der Waals surface area contributed by atoms with Crippen molar-refractivity contribution in [3.05, 3.63) is 66.2 Å². The smallest absolute Gasteiger partial charge is 0.199 e. The van der Waals surface area contributed by atoms with E-state index in [9.17, 15) is 5.11 Å². The fraction of sp³-hybridized carbons (Fsp3) is 0.375. The minimum Gasteiger partial charge on any atom is -0.497 e. The SMILES string of the molecule is COc1ccc(N(Cc2ncc[nH]2)[C@H]2c3cc(N)ccc3O[C@](C)(C(OC)OC)[C@@H]2O)cc1. The van der Waals surface area contributed by atoms with Gasteiger partial charge in [0.25, 0.3) is 0 Å². The summed E-state index contributed by atoms with van der Waals surface area (Å²) in [5, 5.41) is 11.8. The Labute approximate surface area is 193 Å². The molecule has 0 saturated heterocycles. The Bertz CT molecular complexity index is 1060. The second-order valence-corrected chi connectivity index (χ2v) is 8.14. The number of aliphatic hydroxyl groups excluding tert-OH is 1. The van der Waals surface area contributed by atoms with Crippen LogP contribution in [0.3, 0.4) is 0 Å². The van der Waals surface area contributed by atoms with Gasteiger partial charge in [-0.25, -0.2) is 4.98 Å². The first kappa shape index (κ1) is 22.9. The Balaban J connectivity index is 1.87. The molecular weight excluding hydrogens is 424 g/mol. The predicted octanol–water partition coefficient (Wildman–Crippen LogP) is 2.88. The Morgan fingerprint density at radius 3 is 2.52 bits per heavy atom. The number of aromatic amines is 1. The van der Waals surface area contributed by atoms with Gasteiger partial charge < -0.3 is 39.7 Å². The molecule has 4 N–H and O–H groups in total. The van der Waals surface area contributed by atoms with E-state index in [0.717, 1.165) is 22.8 Å². The maximum absolute atomic E-state index is 11.8. The largest absolute Gasteiger partial charge is 0.497 e. The molecule has 1 aliphatic rings. The third kappa shape index (κ3) is 4.22. The van der Waals surface area contributed by atoms with E-state index in [1.807, 2.05) is 36.4 Å². The molecule has 0 unspecified atom stereocenters. The number of aliphatic hydroxyl groups is 1. The number of fused-ring (bicyclic) bond motifs is 1. The van der Waals surface area contributed by atoms with Gasteiger partial charge in [0, 0.05) is 43.6 Å². The number of hydrogen-bond acceptors (Lipinski definition) is 8. The van der Waals surface area contributed by atoms with Gasteiger partial charge in [-0.1, -0.05) is 0 Å². The lowest BCUT2D eigenvalue weighted by Gasteiger charge is -2.50. The van der Waals surface area contributed by atoms with Gasteiger partial charge in [0.05, 0.1) is 19.7 Å². The van der Waals surface area contributed by atoms with E-state index >= 15 is 0 Å². The van der Waals surface area contributed by atoms with E-state index in [4.69, 9.17) is 24.7 Å². The minimum absolute atomic E-state index is 0.399. The molecule has 0 bridgehead atoms. The average molecular weight is 455 g/mol. The highest BCUT2D eigenvalue weighted by atomic mass is 16.7. The van der Waals surface area contributed by atoms with Crippen LogP contribution >= 0.6 is 0 Å². The summed E-state index contributed by atoms with van der Waals surface area (Å²) < 4.78 is 22.7. The molecule has 33 heavy (non-hydrogen) atoms. The van der Waals surface area contributed by atoms with Gasteiger partial charge >= 0.3 is 0 Å². The molecule has 0 fully saturated rings. The third-order valence-corrected chi connectivity index (χ3v) is 6.08. The zero-order valence-electron chi connectivity index (χ0n) is 19.2. The number of methoxy groups -OCH3 is 3. The summed E-state index contributed by atoms with van der Waals surface area (Å²) in [6.07, 6.45) is 1.60. The zero-order chi connectivity index (χ0) is 23.6. The molecule has 1 aromatic heterocycles. The monoisotopic (exact) mass is 454 g/mol. The van der Waals surface area contributed by atoms with Gasteiger partial charge in [-0.2, -0.15) is 0 Å². The van der Waals surface area contributed by atoms with Crippen LogP contribution in [0.15, 0.2) is 54.9 Å². The van der Waals surface area contributed by atoms with Gasteiger partial charge in [-0.3, -0.25) is 0 Å². The van der Waals surface area contributed by atoms with Crippen LogP contribution in [0.25, 0.3) is 0 Å². The number of nitrogen functional groups attached to an aromatic ring is 1. The Morgan fingerprint density at radius 2 is 1.91 bits per heavy atom. The lowest BCUT2D eigenvalue weighted by molar-refractivity contribution is -0.237. The number of H-pyrrole nitrogens is 1. The highest BCUT2D eigenvalue weighted by Crippen LogP contribution is 2.47. The molecule has 0 spiro atoms. The fourth-order valence-corrected chi connectivity index (χ4v) is 4.43. The van der Waals surface area contributed by atoms with E-state index < -0.39 is 24.0 Å². The third-order valence-electron chi connectivity index (χ3n) is 6.08. The van der Waals surface area contributed by atoms with Crippen LogP contribution in [0.1, 0.15) is 24.4 Å². The molecule has 1 aliphatic heterocycles. The van der Waals surface area contributed by atoms with Crippen molar-refractivity contribution < 1.29 is 24.1 Å². The number of aromatic nitrogens is 2. The number of anilines is 2. The lowest BCUT2D eigenvalue weighted by atomic mass is 9.83. The summed E-state index contributed by atoms with van der Waals surface area (Å²) >= 11 is 0. The highest BCUT2D eigenvalue weighted by molar-refractivity contribution is 5.57. The first-order chi connectivity index (χ1) is 15.9. The normalized spacial score (nSPS) is 22.0. The van der Waals surface area contributed by atoms with E-state index in [2.05, 4.69) is 14.9 Å². The number of hydrogen-bond donors (Lipinski definition) is 3. The second kappa shape index (κ2) is 9.30. The Kier molecular flexibility index (Phi) is 6.46. The Hall–Kier alpha value is -3.27. The van der Waals surface area contributed by atoms with E-state index in [0.29, 0.717) is 18.0 Å². The lowest BCUT2D eigenvalue weighted by Crippen LogP contribution is -2.62. The number of nitrogens with zero attached hydrogens (tertiary/aromatic N) is 2.